The van der Waals surface area contributed by atoms with E-state index in [2.05, 4.69) is 14.9 Å². The molecule has 0 radical (unpaired) electrons. The first-order chi connectivity index (χ1) is 12.4. The number of nitrogens with one attached hydrogen (secondary N) is 1. The predicted octanol–water partition coefficient (Wildman–Crippen LogP) is 3.23. The van der Waals surface area contributed by atoms with Crippen LogP contribution in [0.2, 0.25) is 5.02 Å². The van der Waals surface area contributed by atoms with Gasteiger partial charge in [-0.15, -0.1) is 10.2 Å². The first-order valence-electron chi connectivity index (χ1n) is 7.78. The largest absolute Gasteiger partial charge is 0.270 e. The molecule has 0 fully saturated rings. The highest BCUT2D eigenvalue weighted by Crippen LogP contribution is 2.28. The molecule has 1 aromatic heterocycles. The first-order valence-corrected chi connectivity index (χ1v) is 11.0. The smallest absolute Gasteiger partial charge is 0.208 e. The number of nitrogens with zero attached hydrogens (tertiary/aromatic N) is 3. The van der Waals surface area contributed by atoms with Crippen LogP contribution < -0.4 is 4.72 Å². The molecule has 0 saturated heterocycles. The lowest BCUT2D eigenvalue weighted by Crippen LogP contribution is -2.24. The molecule has 2 aromatic carbocycles. The van der Waals surface area contributed by atoms with E-state index in [-0.39, 0.29) is 0 Å². The van der Waals surface area contributed by atoms with Gasteiger partial charge in [0.1, 0.15) is 0 Å². The Bertz CT molecular complexity index is 974. The van der Waals surface area contributed by atoms with Gasteiger partial charge in [-0.05, 0) is 36.4 Å². The lowest BCUT2D eigenvalue weighted by Gasteiger charge is -2.10. The summed E-state index contributed by atoms with van der Waals surface area (Å²) in [7, 11) is -3.20. The van der Waals surface area contributed by atoms with Gasteiger partial charge in [-0.25, -0.2) is 13.1 Å². The summed E-state index contributed by atoms with van der Waals surface area (Å²) in [5.41, 5.74) is 1.83. The van der Waals surface area contributed by atoms with E-state index in [1.165, 1.54) is 11.8 Å². The lowest BCUT2D eigenvalue weighted by atomic mass is 10.2. The number of thioether (sulfide) groups is 1. The summed E-state index contributed by atoms with van der Waals surface area (Å²) in [4.78, 5) is 0. The lowest BCUT2D eigenvalue weighted by molar-refractivity contribution is 0.590. The zero-order valence-electron chi connectivity index (χ0n) is 14.0. The van der Waals surface area contributed by atoms with Crippen molar-refractivity contribution in [3.05, 3.63) is 59.6 Å². The number of aromatic nitrogens is 3. The average molecular weight is 409 g/mol. The number of rotatable bonds is 7. The minimum Gasteiger partial charge on any atom is -0.270 e. The van der Waals surface area contributed by atoms with Crippen LogP contribution in [0, 0.1) is 0 Å². The van der Waals surface area contributed by atoms with Gasteiger partial charge in [0.05, 0.1) is 6.26 Å². The van der Waals surface area contributed by atoms with Gasteiger partial charge in [0.25, 0.3) is 0 Å². The molecule has 0 unspecified atom stereocenters. The summed E-state index contributed by atoms with van der Waals surface area (Å²) in [6, 6.07) is 17.2. The summed E-state index contributed by atoms with van der Waals surface area (Å²) >= 11 is 7.42. The fourth-order valence-electron chi connectivity index (χ4n) is 2.33. The average Bonchev–Trinajstić information content (AvgIpc) is 3.03. The van der Waals surface area contributed by atoms with Crippen molar-refractivity contribution in [3.63, 3.8) is 0 Å². The maximum atomic E-state index is 11.2. The van der Waals surface area contributed by atoms with Gasteiger partial charge in [0.15, 0.2) is 11.0 Å². The highest BCUT2D eigenvalue weighted by molar-refractivity contribution is 7.99. The Labute approximate surface area is 161 Å². The summed E-state index contributed by atoms with van der Waals surface area (Å²) < 4.78 is 26.8. The second-order valence-electron chi connectivity index (χ2n) is 5.50. The van der Waals surface area contributed by atoms with Crippen LogP contribution >= 0.6 is 23.4 Å². The Morgan fingerprint density at radius 3 is 2.42 bits per heavy atom. The van der Waals surface area contributed by atoms with E-state index in [0.29, 0.717) is 28.3 Å². The van der Waals surface area contributed by atoms with Gasteiger partial charge in [0, 0.05) is 28.6 Å². The van der Waals surface area contributed by atoms with Crippen molar-refractivity contribution < 1.29 is 8.42 Å². The standard InChI is InChI=1S/C17H17ClN4O2S2/c1-26(23,24)19-11-12-25-17-21-20-16(13-7-9-14(18)10-8-13)22(17)15-5-3-2-4-6-15/h2-10,19H,11-12H2,1H3. The van der Waals surface area contributed by atoms with Crippen molar-refractivity contribution in [2.75, 3.05) is 18.6 Å². The highest BCUT2D eigenvalue weighted by atomic mass is 35.5. The first kappa shape index (κ1) is 18.9. The van der Waals surface area contributed by atoms with Crippen LogP contribution in [0.15, 0.2) is 59.8 Å². The quantitative estimate of drug-likeness (QED) is 0.479. The fourth-order valence-corrected chi connectivity index (χ4v) is 3.86. The Hall–Kier alpha value is -1.87. The third-order valence-corrected chi connectivity index (χ3v) is 5.36. The summed E-state index contributed by atoms with van der Waals surface area (Å²) in [6.45, 7) is 0.321. The van der Waals surface area contributed by atoms with E-state index >= 15 is 0 Å². The number of hydrogen-bond donors (Lipinski definition) is 1. The molecule has 26 heavy (non-hydrogen) atoms. The zero-order valence-corrected chi connectivity index (χ0v) is 16.4. The van der Waals surface area contributed by atoms with E-state index in [4.69, 9.17) is 11.6 Å². The van der Waals surface area contributed by atoms with E-state index in [1.54, 1.807) is 0 Å². The second-order valence-corrected chi connectivity index (χ2v) is 8.83. The van der Waals surface area contributed by atoms with Crippen molar-refractivity contribution in [3.8, 4) is 17.1 Å². The zero-order chi connectivity index (χ0) is 18.6. The SMILES string of the molecule is CS(=O)(=O)NCCSc1nnc(-c2ccc(Cl)cc2)n1-c1ccccc1. The van der Waals surface area contributed by atoms with E-state index < -0.39 is 10.0 Å². The minimum absolute atomic E-state index is 0.321. The van der Waals surface area contributed by atoms with Crippen molar-refractivity contribution in [2.24, 2.45) is 0 Å². The van der Waals surface area contributed by atoms with E-state index in [1.807, 2.05) is 59.2 Å². The van der Waals surface area contributed by atoms with Gasteiger partial charge >= 0.3 is 0 Å². The maximum absolute atomic E-state index is 11.2. The number of sulfonamides is 1. The molecule has 1 N–H and O–H groups in total. The van der Waals surface area contributed by atoms with Crippen LogP contribution in [-0.4, -0.2) is 41.7 Å². The maximum Gasteiger partial charge on any atom is 0.208 e. The molecular formula is C17H17ClN4O2S2. The van der Waals surface area contributed by atoms with Crippen LogP contribution in [0.5, 0.6) is 0 Å². The normalized spacial score (nSPS) is 11.6. The van der Waals surface area contributed by atoms with Gasteiger partial charge in [0.2, 0.25) is 10.0 Å². The molecule has 0 amide bonds. The predicted molar refractivity (Wildman–Crippen MR) is 105 cm³/mol. The van der Waals surface area contributed by atoms with Crippen LogP contribution in [0.25, 0.3) is 17.1 Å². The van der Waals surface area contributed by atoms with Crippen LogP contribution in [0.3, 0.4) is 0 Å². The van der Waals surface area contributed by atoms with Gasteiger partial charge in [-0.1, -0.05) is 41.6 Å². The molecule has 3 aromatic rings. The Balaban J connectivity index is 1.91. The van der Waals surface area contributed by atoms with Crippen molar-refractivity contribution >= 4 is 33.4 Å². The van der Waals surface area contributed by atoms with Crippen molar-refractivity contribution in [2.45, 2.75) is 5.16 Å². The number of benzene rings is 2. The topological polar surface area (TPSA) is 76.9 Å². The summed E-state index contributed by atoms with van der Waals surface area (Å²) in [6.07, 6.45) is 1.14. The second kappa shape index (κ2) is 8.22. The molecule has 136 valence electrons. The molecule has 1 heterocycles. The van der Waals surface area contributed by atoms with Gasteiger partial charge in [-0.3, -0.25) is 4.57 Å². The molecule has 0 aliphatic rings. The van der Waals surface area contributed by atoms with Gasteiger partial charge < -0.3 is 0 Å². The van der Waals surface area contributed by atoms with Gasteiger partial charge in [-0.2, -0.15) is 0 Å². The number of hydrogen-bond acceptors (Lipinski definition) is 5. The highest BCUT2D eigenvalue weighted by Gasteiger charge is 2.16. The minimum atomic E-state index is -3.20. The number of halogens is 1. The molecular weight excluding hydrogens is 392 g/mol. The Kier molecular flexibility index (Phi) is 5.98. The van der Waals surface area contributed by atoms with Crippen LogP contribution in [0.4, 0.5) is 0 Å². The molecule has 0 saturated carbocycles. The Morgan fingerprint density at radius 1 is 1.08 bits per heavy atom. The van der Waals surface area contributed by atoms with Crippen molar-refractivity contribution in [1.82, 2.24) is 19.5 Å². The van der Waals surface area contributed by atoms with Crippen molar-refractivity contribution in [1.29, 1.82) is 0 Å². The van der Waals surface area contributed by atoms with E-state index in [9.17, 15) is 8.42 Å². The fraction of sp³-hybridized carbons (Fsp3) is 0.176. The molecule has 0 aliphatic carbocycles. The summed E-state index contributed by atoms with van der Waals surface area (Å²) in [5.74, 6) is 1.24. The molecule has 0 spiro atoms. The Morgan fingerprint density at radius 2 is 1.77 bits per heavy atom. The molecule has 9 heteroatoms. The molecule has 0 atom stereocenters. The summed E-state index contributed by atoms with van der Waals surface area (Å²) in [5, 5.41) is 9.97. The third kappa shape index (κ3) is 4.85. The molecule has 0 aliphatic heterocycles. The molecule has 6 nitrogen and oxygen atoms in total. The van der Waals surface area contributed by atoms with Crippen LogP contribution in [0.1, 0.15) is 0 Å². The molecule has 0 bridgehead atoms. The van der Waals surface area contributed by atoms with E-state index in [0.717, 1.165) is 17.5 Å². The van der Waals surface area contributed by atoms with Crippen LogP contribution in [-0.2, 0) is 10.0 Å². The molecule has 3 rings (SSSR count). The monoisotopic (exact) mass is 408 g/mol. The number of para-hydroxylation sites is 1. The third-order valence-electron chi connectivity index (χ3n) is 3.45.